The first-order valence-corrected chi connectivity index (χ1v) is 20.1. The second-order valence-electron chi connectivity index (χ2n) is 14.4. The maximum Gasteiger partial charge on any atom is 0.0434 e. The zero-order valence-electron chi connectivity index (χ0n) is 29.1. The third-order valence-corrected chi connectivity index (χ3v) is 13.7. The van der Waals surface area contributed by atoms with Crippen molar-refractivity contribution in [1.29, 1.82) is 0 Å². The summed E-state index contributed by atoms with van der Waals surface area (Å²) in [6, 6.07) is 67.9. The summed E-state index contributed by atoms with van der Waals surface area (Å²) in [5, 5.41) is 15.6. The minimum atomic E-state index is 1.23. The Morgan fingerprint density at radius 2 is 0.796 bits per heavy atom. The van der Waals surface area contributed by atoms with Crippen molar-refractivity contribution in [3.05, 3.63) is 182 Å². The largest absolute Gasteiger partial charge is 0.135 e. The Labute approximate surface area is 319 Å². The first kappa shape index (κ1) is 30.2. The van der Waals surface area contributed by atoms with Gasteiger partial charge in [-0.1, -0.05) is 146 Å². The predicted molar refractivity (Wildman–Crippen MR) is 239 cm³/mol. The van der Waals surface area contributed by atoms with Crippen LogP contribution in [0.3, 0.4) is 0 Å². The smallest absolute Gasteiger partial charge is 0.0434 e. The summed E-state index contributed by atoms with van der Waals surface area (Å²) in [5.74, 6) is 0. The highest BCUT2D eigenvalue weighted by Gasteiger charge is 2.18. The van der Waals surface area contributed by atoms with Crippen LogP contribution < -0.4 is 0 Å². The summed E-state index contributed by atoms with van der Waals surface area (Å²) < 4.78 is 5.44. The van der Waals surface area contributed by atoms with E-state index in [4.69, 9.17) is 0 Å². The van der Waals surface area contributed by atoms with Gasteiger partial charge in [0.25, 0.3) is 0 Å². The molecule has 0 unspecified atom stereocenters. The molecule has 0 radical (unpaired) electrons. The van der Waals surface area contributed by atoms with E-state index in [-0.39, 0.29) is 0 Å². The lowest BCUT2D eigenvalue weighted by Gasteiger charge is -2.18. The molecule has 2 aromatic heterocycles. The molecule has 0 N–H and O–H groups in total. The Morgan fingerprint density at radius 3 is 1.57 bits per heavy atom. The Balaban J connectivity index is 1.04. The van der Waals surface area contributed by atoms with Crippen LogP contribution in [0.1, 0.15) is 0 Å². The van der Waals surface area contributed by atoms with Gasteiger partial charge in [-0.3, -0.25) is 0 Å². The van der Waals surface area contributed by atoms with Crippen molar-refractivity contribution in [2.24, 2.45) is 0 Å². The molecule has 0 bridgehead atoms. The summed E-state index contributed by atoms with van der Waals surface area (Å²) in [6.45, 7) is 0. The van der Waals surface area contributed by atoms with Crippen molar-refractivity contribution in [1.82, 2.24) is 0 Å². The van der Waals surface area contributed by atoms with Gasteiger partial charge in [0.1, 0.15) is 0 Å². The molecular weight excluding hydrogens is 689 g/mol. The third-order valence-electron chi connectivity index (χ3n) is 11.4. The van der Waals surface area contributed by atoms with E-state index >= 15 is 0 Å². The van der Waals surface area contributed by atoms with Crippen LogP contribution in [0.15, 0.2) is 182 Å². The number of hydrogen-bond acceptors (Lipinski definition) is 2. The number of rotatable bonds is 3. The summed E-state index contributed by atoms with van der Waals surface area (Å²) in [4.78, 5) is 0. The van der Waals surface area contributed by atoms with Gasteiger partial charge in [-0.15, -0.1) is 22.7 Å². The van der Waals surface area contributed by atoms with Crippen molar-refractivity contribution in [3.8, 4) is 33.4 Å². The fourth-order valence-corrected chi connectivity index (χ4v) is 11.4. The van der Waals surface area contributed by atoms with Crippen molar-refractivity contribution in [2.45, 2.75) is 0 Å². The minimum absolute atomic E-state index is 1.23. The Bertz CT molecular complexity index is 3450. The van der Waals surface area contributed by atoms with Gasteiger partial charge in [-0.05, 0) is 107 Å². The zero-order valence-corrected chi connectivity index (χ0v) is 30.8. The molecule has 12 rings (SSSR count). The molecule has 0 saturated heterocycles. The minimum Gasteiger partial charge on any atom is -0.135 e. The molecule has 54 heavy (non-hydrogen) atoms. The molecule has 0 nitrogen and oxygen atoms in total. The molecule has 0 aliphatic carbocycles. The maximum atomic E-state index is 2.43. The van der Waals surface area contributed by atoms with E-state index in [2.05, 4.69) is 182 Å². The molecule has 0 spiro atoms. The normalized spacial score (nSPS) is 12.1. The van der Waals surface area contributed by atoms with Gasteiger partial charge >= 0.3 is 0 Å². The zero-order chi connectivity index (χ0) is 35.3. The number of hydrogen-bond donors (Lipinski definition) is 0. The highest BCUT2D eigenvalue weighted by Crippen LogP contribution is 2.46. The van der Waals surface area contributed by atoms with Gasteiger partial charge < -0.3 is 0 Å². The summed E-state index contributed by atoms with van der Waals surface area (Å²) in [7, 11) is 0. The molecule has 2 heteroatoms. The third kappa shape index (κ3) is 4.48. The molecule has 0 amide bonds. The summed E-state index contributed by atoms with van der Waals surface area (Å²) in [5.41, 5.74) is 7.53. The predicted octanol–water partition coefficient (Wildman–Crippen LogP) is 16.0. The van der Waals surface area contributed by atoms with E-state index in [9.17, 15) is 0 Å². The van der Waals surface area contributed by atoms with Crippen LogP contribution >= 0.6 is 22.7 Å². The average molecular weight is 719 g/mol. The lowest BCUT2D eigenvalue weighted by molar-refractivity contribution is 1.63. The van der Waals surface area contributed by atoms with Crippen LogP contribution in [0, 0.1) is 0 Å². The first-order chi connectivity index (χ1) is 26.7. The highest BCUT2D eigenvalue weighted by atomic mass is 32.1. The molecule has 250 valence electrons. The van der Waals surface area contributed by atoms with E-state index in [0.717, 1.165) is 0 Å². The van der Waals surface area contributed by atoms with E-state index in [0.29, 0.717) is 0 Å². The molecule has 12 aromatic rings. The Morgan fingerprint density at radius 1 is 0.241 bits per heavy atom. The maximum absolute atomic E-state index is 2.43. The van der Waals surface area contributed by atoms with Crippen molar-refractivity contribution >= 4 is 106 Å². The highest BCUT2D eigenvalue weighted by molar-refractivity contribution is 7.28. The van der Waals surface area contributed by atoms with Gasteiger partial charge in [0.05, 0.1) is 0 Å². The van der Waals surface area contributed by atoms with Crippen LogP contribution in [0.5, 0.6) is 0 Å². The molecule has 0 aliphatic heterocycles. The van der Waals surface area contributed by atoms with Crippen molar-refractivity contribution < 1.29 is 0 Å². The van der Waals surface area contributed by atoms with Gasteiger partial charge in [-0.2, -0.15) is 0 Å². The van der Waals surface area contributed by atoms with Crippen LogP contribution in [0.2, 0.25) is 0 Å². The lowest BCUT2D eigenvalue weighted by Crippen LogP contribution is -1.91. The molecule has 0 atom stereocenters. The summed E-state index contributed by atoms with van der Waals surface area (Å²) in [6.07, 6.45) is 0. The fourth-order valence-electron chi connectivity index (χ4n) is 8.90. The lowest BCUT2D eigenvalue weighted by atomic mass is 9.85. The topological polar surface area (TPSA) is 0 Å². The molecule has 0 aliphatic rings. The number of fused-ring (bicyclic) bond motifs is 11. The second kappa shape index (κ2) is 11.6. The van der Waals surface area contributed by atoms with E-state index < -0.39 is 0 Å². The number of benzene rings is 10. The Hall–Kier alpha value is -6.32. The van der Waals surface area contributed by atoms with E-state index in [1.165, 1.54) is 117 Å². The van der Waals surface area contributed by atoms with Crippen LogP contribution in [0.4, 0.5) is 0 Å². The van der Waals surface area contributed by atoms with E-state index in [1.807, 2.05) is 22.7 Å². The quantitative estimate of drug-likeness (QED) is 0.160. The van der Waals surface area contributed by atoms with Gasteiger partial charge in [0.15, 0.2) is 0 Å². The SMILES string of the molecule is c1cc(-c2ccc3ccc4c5cc6c(cc5sc4c3c2)sc2ccccc26)cc(-c2c3ccccc3c(-c3ccc4ccccc4c3)c3ccccc23)c1. The van der Waals surface area contributed by atoms with Crippen molar-refractivity contribution in [3.63, 3.8) is 0 Å². The average Bonchev–Trinajstić information content (AvgIpc) is 3.79. The molecule has 10 aromatic carbocycles. The molecule has 0 fully saturated rings. The summed E-state index contributed by atoms with van der Waals surface area (Å²) >= 11 is 3.83. The van der Waals surface area contributed by atoms with Gasteiger partial charge in [0, 0.05) is 45.7 Å². The molecular formula is C52H30S2. The van der Waals surface area contributed by atoms with E-state index in [1.54, 1.807) is 0 Å². The van der Waals surface area contributed by atoms with Gasteiger partial charge in [-0.25, -0.2) is 0 Å². The van der Waals surface area contributed by atoms with Crippen LogP contribution in [-0.2, 0) is 0 Å². The van der Waals surface area contributed by atoms with Gasteiger partial charge in [0.2, 0.25) is 0 Å². The first-order valence-electron chi connectivity index (χ1n) is 18.5. The fraction of sp³-hybridized carbons (Fsp3) is 0. The number of thiophene rings is 2. The van der Waals surface area contributed by atoms with Crippen LogP contribution in [-0.4, -0.2) is 0 Å². The molecule has 0 saturated carbocycles. The monoisotopic (exact) mass is 718 g/mol. The van der Waals surface area contributed by atoms with Crippen molar-refractivity contribution in [2.75, 3.05) is 0 Å². The van der Waals surface area contributed by atoms with Crippen LogP contribution in [0.25, 0.3) is 117 Å². The Kier molecular flexibility index (Phi) is 6.48. The second-order valence-corrected chi connectivity index (χ2v) is 16.5. The standard InChI is InChI=1S/C52H30S2/c1-2-11-33-26-37(23-20-31(33)10-1)51-41-17-5-3-15-39(41)50(40-16-4-6-18-42(40)51)36-13-9-12-34(27-36)35-22-21-32-24-25-43-46-29-45-38-14-7-8-19-47(38)53-48(45)30-49(46)54-52(43)44(32)28-35/h1-30H. The molecule has 2 heterocycles.